The Morgan fingerprint density at radius 3 is 2.80 bits per heavy atom. The lowest BCUT2D eigenvalue weighted by atomic mass is 10.1. The van der Waals surface area contributed by atoms with Crippen LogP contribution in [-0.4, -0.2) is 27.7 Å². The van der Waals surface area contributed by atoms with Crippen LogP contribution in [0.15, 0.2) is 51.0 Å². The van der Waals surface area contributed by atoms with E-state index in [-0.39, 0.29) is 5.63 Å². The molecule has 0 bridgehead atoms. The molecule has 0 saturated heterocycles. The Morgan fingerprint density at radius 1 is 1.28 bits per heavy atom. The molecule has 0 amide bonds. The molecule has 0 spiro atoms. The van der Waals surface area contributed by atoms with Crippen molar-refractivity contribution in [3.8, 4) is 5.75 Å². The third kappa shape index (κ3) is 4.10. The number of quaternary nitrogens is 2. The van der Waals surface area contributed by atoms with Crippen molar-refractivity contribution in [1.29, 1.82) is 0 Å². The second kappa shape index (κ2) is 7.82. The molecule has 0 aliphatic carbocycles. The van der Waals surface area contributed by atoms with Gasteiger partial charge in [-0.05, 0) is 23.6 Å². The number of methoxy groups -OCH3 is 1. The van der Waals surface area contributed by atoms with Gasteiger partial charge in [0.25, 0.3) is 0 Å². The predicted octanol–water partition coefficient (Wildman–Crippen LogP) is 0.812. The molecule has 0 aliphatic heterocycles. The summed E-state index contributed by atoms with van der Waals surface area (Å²) in [6.45, 7) is 1.70. The van der Waals surface area contributed by atoms with Gasteiger partial charge in [-0.3, -0.25) is 0 Å². The first-order valence-corrected chi connectivity index (χ1v) is 9.22. The van der Waals surface area contributed by atoms with Gasteiger partial charge in [-0.25, -0.2) is 4.79 Å². The largest absolute Gasteiger partial charge is 0.497 e. The smallest absolute Gasteiger partial charge is 0.336 e. The summed E-state index contributed by atoms with van der Waals surface area (Å²) in [6, 6.07) is 11.9. The number of hydrogen-bond acceptors (Lipinski definition) is 4. The van der Waals surface area contributed by atoms with Gasteiger partial charge in [0.05, 0.1) is 26.1 Å². The number of benzene rings is 1. The molecule has 5 nitrogen and oxygen atoms in total. The van der Waals surface area contributed by atoms with E-state index in [1.165, 1.54) is 9.78 Å². The lowest BCUT2D eigenvalue weighted by Gasteiger charge is -2.18. The highest BCUT2D eigenvalue weighted by atomic mass is 32.1. The summed E-state index contributed by atoms with van der Waals surface area (Å²) in [5.74, 6) is 0.686. The van der Waals surface area contributed by atoms with E-state index in [2.05, 4.69) is 36.9 Å². The molecule has 3 N–H and O–H groups in total. The third-order valence-electron chi connectivity index (χ3n) is 4.39. The highest BCUT2D eigenvalue weighted by molar-refractivity contribution is 7.10. The molecule has 0 unspecified atom stereocenters. The van der Waals surface area contributed by atoms with Crippen LogP contribution in [0.5, 0.6) is 5.75 Å². The van der Waals surface area contributed by atoms with Crippen LogP contribution < -0.4 is 20.6 Å². The average Bonchev–Trinajstić information content (AvgIpc) is 3.11. The van der Waals surface area contributed by atoms with Gasteiger partial charge in [0.2, 0.25) is 0 Å². The van der Waals surface area contributed by atoms with Crippen molar-refractivity contribution < 1.29 is 19.4 Å². The predicted molar refractivity (Wildman–Crippen MR) is 99.4 cm³/mol. The molecule has 1 atom stereocenters. The SMILES string of the molecule is COc1ccc2c(C[NH2+]C[C@@H](c3cccs3)[NH+](C)C)cc(=O)oc2c1. The van der Waals surface area contributed by atoms with E-state index < -0.39 is 0 Å². The standard InChI is InChI=1S/C19H22N2O3S/c1-21(2)16(18-5-4-8-25-18)12-20-11-13-9-19(22)24-17-10-14(23-3)6-7-15(13)17/h4-10,16,20H,11-12H2,1-3H3/p+2/t16-/m0/s1. The lowest BCUT2D eigenvalue weighted by Crippen LogP contribution is -3.09. The first-order chi connectivity index (χ1) is 12.1. The van der Waals surface area contributed by atoms with Crippen LogP contribution in [0.25, 0.3) is 11.0 Å². The molecule has 132 valence electrons. The van der Waals surface area contributed by atoms with Crippen LogP contribution in [0, 0.1) is 0 Å². The maximum absolute atomic E-state index is 11.9. The molecule has 2 heterocycles. The van der Waals surface area contributed by atoms with Crippen molar-refractivity contribution in [1.82, 2.24) is 0 Å². The summed E-state index contributed by atoms with van der Waals surface area (Å²) < 4.78 is 10.5. The molecule has 0 saturated carbocycles. The Kier molecular flexibility index (Phi) is 5.53. The van der Waals surface area contributed by atoms with Crippen molar-refractivity contribution in [2.45, 2.75) is 12.6 Å². The van der Waals surface area contributed by atoms with Crippen LogP contribution in [0.3, 0.4) is 0 Å². The van der Waals surface area contributed by atoms with E-state index in [1.807, 2.05) is 12.1 Å². The summed E-state index contributed by atoms with van der Waals surface area (Å²) in [5, 5.41) is 5.34. The van der Waals surface area contributed by atoms with Gasteiger partial charge in [0, 0.05) is 23.1 Å². The second-order valence-corrected chi connectivity index (χ2v) is 7.31. The minimum Gasteiger partial charge on any atom is -0.497 e. The van der Waals surface area contributed by atoms with E-state index in [4.69, 9.17) is 9.15 Å². The highest BCUT2D eigenvalue weighted by Gasteiger charge is 2.21. The van der Waals surface area contributed by atoms with E-state index in [1.54, 1.807) is 30.6 Å². The number of hydrogen-bond donors (Lipinski definition) is 2. The van der Waals surface area contributed by atoms with Crippen molar-refractivity contribution >= 4 is 22.3 Å². The molecule has 0 radical (unpaired) electrons. The molecular formula is C19H24N2O3S+2. The van der Waals surface area contributed by atoms with Gasteiger partial charge < -0.3 is 19.4 Å². The summed E-state index contributed by atoms with van der Waals surface area (Å²) >= 11 is 1.79. The van der Waals surface area contributed by atoms with E-state index in [0.29, 0.717) is 17.4 Å². The number of nitrogens with one attached hydrogen (secondary N) is 1. The van der Waals surface area contributed by atoms with E-state index in [9.17, 15) is 4.79 Å². The molecule has 0 aliphatic rings. The monoisotopic (exact) mass is 360 g/mol. The van der Waals surface area contributed by atoms with Gasteiger partial charge in [-0.15, -0.1) is 11.3 Å². The zero-order chi connectivity index (χ0) is 17.8. The topological polar surface area (TPSA) is 60.5 Å². The summed E-state index contributed by atoms with van der Waals surface area (Å²) in [5.41, 5.74) is 1.24. The molecule has 1 aromatic carbocycles. The fourth-order valence-corrected chi connectivity index (χ4v) is 4.01. The first kappa shape index (κ1) is 17.7. The maximum Gasteiger partial charge on any atom is 0.336 e. The van der Waals surface area contributed by atoms with Crippen LogP contribution >= 0.6 is 11.3 Å². The zero-order valence-corrected chi connectivity index (χ0v) is 15.6. The molecule has 2 aromatic heterocycles. The molecule has 0 fully saturated rings. The van der Waals surface area contributed by atoms with Gasteiger partial charge in [-0.2, -0.15) is 0 Å². The van der Waals surface area contributed by atoms with Crippen LogP contribution in [0.2, 0.25) is 0 Å². The fourth-order valence-electron chi connectivity index (χ4n) is 3.04. The Hall–Kier alpha value is -2.15. The van der Waals surface area contributed by atoms with Crippen molar-refractivity contribution in [3.05, 3.63) is 62.6 Å². The quantitative estimate of drug-likeness (QED) is 0.613. The molecular weight excluding hydrogens is 336 g/mol. The molecule has 3 aromatic rings. The number of nitrogens with two attached hydrogens (primary N) is 1. The molecule has 25 heavy (non-hydrogen) atoms. The summed E-state index contributed by atoms with van der Waals surface area (Å²) in [4.78, 5) is 14.7. The third-order valence-corrected chi connectivity index (χ3v) is 5.37. The van der Waals surface area contributed by atoms with Gasteiger partial charge in [-0.1, -0.05) is 6.07 Å². The lowest BCUT2D eigenvalue weighted by molar-refractivity contribution is -0.910. The summed E-state index contributed by atoms with van der Waals surface area (Å²) in [6.07, 6.45) is 0. The van der Waals surface area contributed by atoms with E-state index >= 15 is 0 Å². The van der Waals surface area contributed by atoms with Crippen LogP contribution in [0.4, 0.5) is 0 Å². The van der Waals surface area contributed by atoms with E-state index in [0.717, 1.165) is 24.0 Å². The zero-order valence-electron chi connectivity index (χ0n) is 14.7. The Labute approximate surface area is 150 Å². The van der Waals surface area contributed by atoms with Crippen molar-refractivity contribution in [3.63, 3.8) is 0 Å². The molecule has 3 rings (SSSR count). The number of ether oxygens (including phenoxy) is 1. The van der Waals surface area contributed by atoms with Crippen molar-refractivity contribution in [2.75, 3.05) is 27.7 Å². The second-order valence-electron chi connectivity index (χ2n) is 6.33. The minimum atomic E-state index is -0.322. The highest BCUT2D eigenvalue weighted by Crippen LogP contribution is 2.22. The van der Waals surface area contributed by atoms with Gasteiger partial charge in [0.15, 0.2) is 6.04 Å². The number of fused-ring (bicyclic) bond motifs is 1. The number of thiophene rings is 1. The molecule has 6 heteroatoms. The Morgan fingerprint density at radius 2 is 2.12 bits per heavy atom. The Balaban J connectivity index is 1.77. The fraction of sp³-hybridized carbons (Fsp3) is 0.316. The Bertz CT molecular complexity index is 887. The normalized spacial score (nSPS) is 12.6. The first-order valence-electron chi connectivity index (χ1n) is 8.34. The summed E-state index contributed by atoms with van der Waals surface area (Å²) in [7, 11) is 5.96. The number of rotatable bonds is 7. The van der Waals surface area contributed by atoms with Gasteiger partial charge in [0.1, 0.15) is 24.4 Å². The number of likely N-dealkylation sites (N-methyl/N-ethyl adjacent to an activating group) is 1. The van der Waals surface area contributed by atoms with Crippen LogP contribution in [-0.2, 0) is 6.54 Å². The van der Waals surface area contributed by atoms with Crippen LogP contribution in [0.1, 0.15) is 16.5 Å². The average molecular weight is 360 g/mol. The maximum atomic E-state index is 11.9. The van der Waals surface area contributed by atoms with Crippen molar-refractivity contribution in [2.24, 2.45) is 0 Å². The van der Waals surface area contributed by atoms with Gasteiger partial charge >= 0.3 is 5.63 Å². The minimum absolute atomic E-state index is 0.322.